The largest absolute Gasteiger partial charge is 0.242 e. The Labute approximate surface area is 277 Å². The molecule has 0 nitrogen and oxygen atoms in total. The van der Waals surface area contributed by atoms with E-state index >= 15 is 0 Å². The maximum Gasteiger partial charge on any atom is 0.242 e. The monoisotopic (exact) mass is 596 g/mol. The highest BCUT2D eigenvalue weighted by molar-refractivity contribution is 6.96. The third kappa shape index (κ3) is 6.12. The summed E-state index contributed by atoms with van der Waals surface area (Å²) < 4.78 is 0. The van der Waals surface area contributed by atoms with Crippen molar-refractivity contribution in [1.29, 1.82) is 0 Å². The molecule has 1 heteroatoms. The molecule has 0 N–H and O–H groups in total. The van der Waals surface area contributed by atoms with Gasteiger partial charge in [0.1, 0.15) is 0 Å². The molecule has 0 aliphatic rings. The quantitative estimate of drug-likeness (QED) is 0.168. The molecule has 6 aromatic rings. The first-order chi connectivity index (χ1) is 22.0. The molecule has 0 heterocycles. The van der Waals surface area contributed by atoms with Crippen LogP contribution in [0.2, 0.25) is 0 Å². The first-order valence-corrected chi connectivity index (χ1v) is 16.5. The fraction of sp³-hybridized carbons (Fsp3) is 0.200. The minimum absolute atomic E-state index is 0.188. The Balaban J connectivity index is 1.31. The third-order valence-electron chi connectivity index (χ3n) is 9.70. The van der Waals surface area contributed by atoms with Gasteiger partial charge in [0.05, 0.1) is 0 Å². The van der Waals surface area contributed by atoms with Gasteiger partial charge in [0.15, 0.2) is 0 Å². The fourth-order valence-corrected chi connectivity index (χ4v) is 7.96. The van der Waals surface area contributed by atoms with Crippen molar-refractivity contribution in [2.24, 2.45) is 0 Å². The molecule has 0 aliphatic carbocycles. The summed E-state index contributed by atoms with van der Waals surface area (Å²) in [5.41, 5.74) is 23.8. The summed E-state index contributed by atoms with van der Waals surface area (Å²) in [6.45, 7) is 20.3. The fourth-order valence-electron chi connectivity index (χ4n) is 7.96. The Morgan fingerprint density at radius 2 is 0.565 bits per heavy atom. The van der Waals surface area contributed by atoms with Gasteiger partial charge < -0.3 is 0 Å². The SMILES string of the molecule is Cc1cc(C)c(B(c2ccc(-c3ccc(-c4ccc(-c5c(C)cc(C)cc5C)cc4)cc3)cc2)c2c(C)cc(C)cc2C)c(C)c1. The number of rotatable bonds is 6. The van der Waals surface area contributed by atoms with Gasteiger partial charge in [-0.1, -0.05) is 165 Å². The second kappa shape index (κ2) is 12.6. The Morgan fingerprint density at radius 3 is 0.891 bits per heavy atom. The van der Waals surface area contributed by atoms with Crippen molar-refractivity contribution >= 4 is 23.1 Å². The molecule has 0 fully saturated rings. The van der Waals surface area contributed by atoms with E-state index in [1.54, 1.807) is 0 Å². The minimum atomic E-state index is 0.188. The average molecular weight is 597 g/mol. The molecule has 0 aromatic heterocycles. The summed E-state index contributed by atoms with van der Waals surface area (Å²) in [6.07, 6.45) is 0. The summed E-state index contributed by atoms with van der Waals surface area (Å²) in [5.74, 6) is 0. The summed E-state index contributed by atoms with van der Waals surface area (Å²) in [4.78, 5) is 0. The zero-order valence-corrected chi connectivity index (χ0v) is 29.0. The normalized spacial score (nSPS) is 11.2. The van der Waals surface area contributed by atoms with Crippen LogP contribution in [-0.4, -0.2) is 6.71 Å². The van der Waals surface area contributed by atoms with Gasteiger partial charge in [0.2, 0.25) is 6.71 Å². The number of hydrogen-bond donors (Lipinski definition) is 0. The van der Waals surface area contributed by atoms with Gasteiger partial charge in [-0.05, 0) is 107 Å². The van der Waals surface area contributed by atoms with E-state index in [1.165, 1.54) is 99.8 Å². The summed E-state index contributed by atoms with van der Waals surface area (Å²) >= 11 is 0. The second-order valence-corrected chi connectivity index (χ2v) is 13.6. The van der Waals surface area contributed by atoms with Crippen molar-refractivity contribution < 1.29 is 0 Å². The van der Waals surface area contributed by atoms with Gasteiger partial charge in [-0.3, -0.25) is 0 Å². The number of benzene rings is 6. The molecule has 6 rings (SSSR count). The molecular weight excluding hydrogens is 551 g/mol. The highest BCUT2D eigenvalue weighted by Crippen LogP contribution is 2.31. The summed E-state index contributed by atoms with van der Waals surface area (Å²) in [7, 11) is 0. The topological polar surface area (TPSA) is 0 Å². The van der Waals surface area contributed by atoms with Gasteiger partial charge in [-0.25, -0.2) is 0 Å². The maximum atomic E-state index is 2.35. The lowest BCUT2D eigenvalue weighted by atomic mass is 9.34. The van der Waals surface area contributed by atoms with Gasteiger partial charge in [-0.15, -0.1) is 0 Å². The van der Waals surface area contributed by atoms with E-state index in [2.05, 4.69) is 172 Å². The van der Waals surface area contributed by atoms with E-state index in [-0.39, 0.29) is 6.71 Å². The van der Waals surface area contributed by atoms with Crippen LogP contribution in [0.25, 0.3) is 33.4 Å². The van der Waals surface area contributed by atoms with E-state index in [4.69, 9.17) is 0 Å². The van der Waals surface area contributed by atoms with E-state index in [1.807, 2.05) is 0 Å². The molecule has 0 amide bonds. The molecule has 0 bridgehead atoms. The molecular formula is C45H45B. The molecule has 0 spiro atoms. The smallest absolute Gasteiger partial charge is 0.0686 e. The molecule has 0 saturated heterocycles. The molecule has 0 unspecified atom stereocenters. The van der Waals surface area contributed by atoms with Crippen LogP contribution in [0.5, 0.6) is 0 Å². The van der Waals surface area contributed by atoms with Crippen molar-refractivity contribution in [2.45, 2.75) is 62.3 Å². The number of hydrogen-bond acceptors (Lipinski definition) is 0. The van der Waals surface area contributed by atoms with Gasteiger partial charge in [0, 0.05) is 0 Å². The van der Waals surface area contributed by atoms with Crippen molar-refractivity contribution in [2.75, 3.05) is 0 Å². The van der Waals surface area contributed by atoms with Crippen LogP contribution >= 0.6 is 0 Å². The van der Waals surface area contributed by atoms with Crippen LogP contribution in [0.1, 0.15) is 50.1 Å². The summed E-state index contributed by atoms with van der Waals surface area (Å²) in [5, 5.41) is 0. The van der Waals surface area contributed by atoms with Gasteiger partial charge in [0.25, 0.3) is 0 Å². The first-order valence-electron chi connectivity index (χ1n) is 16.5. The van der Waals surface area contributed by atoms with Gasteiger partial charge >= 0.3 is 0 Å². The molecule has 0 radical (unpaired) electrons. The Bertz CT molecular complexity index is 1920. The zero-order valence-electron chi connectivity index (χ0n) is 29.0. The predicted octanol–water partition coefficient (Wildman–Crippen LogP) is 9.98. The van der Waals surface area contributed by atoms with Crippen LogP contribution in [0, 0.1) is 62.3 Å². The predicted molar refractivity (Wildman–Crippen MR) is 203 cm³/mol. The average Bonchev–Trinajstić information content (AvgIpc) is 2.99. The van der Waals surface area contributed by atoms with Crippen LogP contribution in [0.15, 0.2) is 109 Å². The highest BCUT2D eigenvalue weighted by atomic mass is 14.1. The van der Waals surface area contributed by atoms with Crippen molar-refractivity contribution in [3.63, 3.8) is 0 Å². The van der Waals surface area contributed by atoms with E-state index in [0.717, 1.165) is 0 Å². The zero-order chi connectivity index (χ0) is 32.7. The summed E-state index contributed by atoms with van der Waals surface area (Å²) in [6, 6.07) is 41.2. The Hall–Kier alpha value is -4.62. The van der Waals surface area contributed by atoms with Crippen molar-refractivity contribution in [1.82, 2.24) is 0 Å². The number of aryl methyl sites for hydroxylation is 9. The first kappa shape index (κ1) is 31.4. The minimum Gasteiger partial charge on any atom is -0.0686 e. The third-order valence-corrected chi connectivity index (χ3v) is 9.70. The molecule has 0 aliphatic heterocycles. The lowest BCUT2D eigenvalue weighted by molar-refractivity contribution is 1.32. The van der Waals surface area contributed by atoms with E-state index < -0.39 is 0 Å². The highest BCUT2D eigenvalue weighted by Gasteiger charge is 2.28. The maximum absolute atomic E-state index is 2.35. The van der Waals surface area contributed by atoms with Crippen LogP contribution < -0.4 is 16.4 Å². The Morgan fingerprint density at radius 1 is 0.304 bits per heavy atom. The second-order valence-electron chi connectivity index (χ2n) is 13.6. The molecule has 228 valence electrons. The van der Waals surface area contributed by atoms with Gasteiger partial charge in [-0.2, -0.15) is 0 Å². The van der Waals surface area contributed by atoms with Crippen molar-refractivity contribution in [3.8, 4) is 33.4 Å². The lowest BCUT2D eigenvalue weighted by Crippen LogP contribution is -2.55. The Kier molecular flexibility index (Phi) is 8.62. The lowest BCUT2D eigenvalue weighted by Gasteiger charge is -2.24. The molecule has 0 atom stereocenters. The van der Waals surface area contributed by atoms with Crippen molar-refractivity contribution in [3.05, 3.63) is 159 Å². The molecule has 6 aromatic carbocycles. The standard InChI is InChI=1S/C45H45B/c1-28-22-31(4)43(32(5)23-28)41-16-14-39(15-17-41)37-10-12-38(13-11-37)40-18-20-42(21-19-40)46(44-33(6)24-29(2)25-34(44)7)45-35(8)26-30(3)27-36(45)9/h10-27H,1-9H3. The van der Waals surface area contributed by atoms with E-state index in [9.17, 15) is 0 Å². The van der Waals surface area contributed by atoms with Crippen LogP contribution in [0.3, 0.4) is 0 Å². The van der Waals surface area contributed by atoms with Crippen LogP contribution in [0.4, 0.5) is 0 Å². The molecule has 46 heavy (non-hydrogen) atoms. The van der Waals surface area contributed by atoms with Crippen LogP contribution in [-0.2, 0) is 0 Å². The van der Waals surface area contributed by atoms with E-state index in [0.29, 0.717) is 0 Å². The molecule has 0 saturated carbocycles.